The Morgan fingerprint density at radius 1 is 0.444 bits per heavy atom. The predicted octanol–water partition coefficient (Wildman–Crippen LogP) is 9.38. The van der Waals surface area contributed by atoms with E-state index in [2.05, 4.69) is 21.0 Å². The van der Waals surface area contributed by atoms with E-state index in [-0.39, 0.29) is 5.75 Å². The highest BCUT2D eigenvalue weighted by Gasteiger charge is 2.14. The summed E-state index contributed by atoms with van der Waals surface area (Å²) in [7, 11) is 0.206. The molecule has 0 spiro atoms. The molecule has 0 rings (SSSR count). The molecule has 218 valence electrons. The molecule has 0 aliphatic rings. The lowest BCUT2D eigenvalue weighted by Crippen LogP contribution is -2.41. The smallest absolute Gasteiger partial charge is 0.0948 e. The van der Waals surface area contributed by atoms with E-state index < -0.39 is 10.1 Å². The summed E-state index contributed by atoms with van der Waals surface area (Å²) in [6.45, 7) is 4.12. The van der Waals surface area contributed by atoms with Crippen LogP contribution in [0.2, 0.25) is 0 Å². The molecule has 0 aliphatic heterocycles. The maximum absolute atomic E-state index is 10.7. The minimum Gasteiger partial charge on any atom is -0.748 e. The van der Waals surface area contributed by atoms with Gasteiger partial charge in [0.1, 0.15) is 0 Å². The molecule has 0 atom stereocenters. The molecule has 0 amide bonds. The Morgan fingerprint density at radius 3 is 0.972 bits per heavy atom. The van der Waals surface area contributed by atoms with Crippen LogP contribution in [0.3, 0.4) is 0 Å². The van der Waals surface area contributed by atoms with Crippen molar-refractivity contribution in [2.75, 3.05) is 32.9 Å². The van der Waals surface area contributed by atoms with Gasteiger partial charge in [0.2, 0.25) is 0 Å². The van der Waals surface area contributed by atoms with Gasteiger partial charge in [0.15, 0.2) is 0 Å². The molecule has 0 aromatic carbocycles. The molecule has 0 aliphatic carbocycles. The standard InChI is InChI=1S/C31H65NO3S/c1-4-5-6-7-8-9-10-11-12-13-14-15-16-17-18-19-20-21-22-23-24-25-26-27-29-32(2,3)30-28-31-36(33,34)35/h4-31H2,1-3H3. The van der Waals surface area contributed by atoms with Crippen molar-refractivity contribution in [1.29, 1.82) is 0 Å². The van der Waals surface area contributed by atoms with E-state index in [1.54, 1.807) is 0 Å². The summed E-state index contributed by atoms with van der Waals surface area (Å²) in [6.07, 6.45) is 34.3. The van der Waals surface area contributed by atoms with Crippen molar-refractivity contribution in [3.8, 4) is 0 Å². The molecule has 0 aromatic rings. The minimum absolute atomic E-state index is 0.228. The third-order valence-corrected chi connectivity index (χ3v) is 8.56. The molecule has 0 N–H and O–H groups in total. The Morgan fingerprint density at radius 2 is 0.694 bits per heavy atom. The fraction of sp³-hybridized carbons (Fsp3) is 1.00. The van der Waals surface area contributed by atoms with E-state index in [0.717, 1.165) is 17.6 Å². The van der Waals surface area contributed by atoms with E-state index in [4.69, 9.17) is 0 Å². The van der Waals surface area contributed by atoms with E-state index in [1.807, 2.05) is 0 Å². The van der Waals surface area contributed by atoms with Crippen LogP contribution in [0.25, 0.3) is 0 Å². The zero-order chi connectivity index (χ0) is 26.8. The highest BCUT2D eigenvalue weighted by atomic mass is 32.2. The van der Waals surface area contributed by atoms with Crippen molar-refractivity contribution in [2.45, 2.75) is 167 Å². The van der Waals surface area contributed by atoms with Crippen molar-refractivity contribution in [2.24, 2.45) is 0 Å². The molecule has 0 unspecified atom stereocenters. The maximum Gasteiger partial charge on any atom is 0.0948 e. The second kappa shape index (κ2) is 25.2. The first kappa shape index (κ1) is 35.9. The first-order chi connectivity index (χ1) is 17.3. The van der Waals surface area contributed by atoms with Crippen molar-refractivity contribution in [1.82, 2.24) is 0 Å². The van der Waals surface area contributed by atoms with Gasteiger partial charge in [0, 0.05) is 12.2 Å². The van der Waals surface area contributed by atoms with Gasteiger partial charge in [-0.2, -0.15) is 0 Å². The van der Waals surface area contributed by atoms with Gasteiger partial charge in [-0.1, -0.05) is 148 Å². The minimum atomic E-state index is -4.06. The Kier molecular flexibility index (Phi) is 25.1. The van der Waals surface area contributed by atoms with Gasteiger partial charge < -0.3 is 9.04 Å². The lowest BCUT2D eigenvalue weighted by molar-refractivity contribution is -0.890. The Balaban J connectivity index is 3.21. The Labute approximate surface area is 227 Å². The van der Waals surface area contributed by atoms with Crippen LogP contribution in [0.1, 0.15) is 167 Å². The quantitative estimate of drug-likeness (QED) is 0.0548. The molecule has 0 saturated carbocycles. The summed E-state index contributed by atoms with van der Waals surface area (Å²) in [5.41, 5.74) is 0. The first-order valence-electron chi connectivity index (χ1n) is 16.0. The van der Waals surface area contributed by atoms with Crippen LogP contribution in [-0.4, -0.2) is 50.4 Å². The summed E-state index contributed by atoms with van der Waals surface area (Å²) in [4.78, 5) is 0. The summed E-state index contributed by atoms with van der Waals surface area (Å²) in [6, 6.07) is 0. The number of quaternary nitrogens is 1. The van der Waals surface area contributed by atoms with Crippen LogP contribution in [0, 0.1) is 0 Å². The second-order valence-electron chi connectivity index (χ2n) is 12.1. The maximum atomic E-state index is 10.7. The molecule has 4 nitrogen and oxygen atoms in total. The van der Waals surface area contributed by atoms with Crippen LogP contribution >= 0.6 is 0 Å². The average molecular weight is 532 g/mol. The zero-order valence-corrected chi connectivity index (χ0v) is 25.7. The first-order valence-corrected chi connectivity index (χ1v) is 17.6. The number of hydrogen-bond acceptors (Lipinski definition) is 3. The van der Waals surface area contributed by atoms with Crippen molar-refractivity contribution < 1.29 is 17.5 Å². The van der Waals surface area contributed by atoms with Crippen LogP contribution in [-0.2, 0) is 10.1 Å². The van der Waals surface area contributed by atoms with Crippen LogP contribution in [0.5, 0.6) is 0 Å². The van der Waals surface area contributed by atoms with Crippen LogP contribution in [0.15, 0.2) is 0 Å². The lowest BCUT2D eigenvalue weighted by atomic mass is 10.0. The van der Waals surface area contributed by atoms with Gasteiger partial charge in [-0.15, -0.1) is 0 Å². The third-order valence-electron chi connectivity index (χ3n) is 7.77. The molecule has 0 heterocycles. The van der Waals surface area contributed by atoms with E-state index in [9.17, 15) is 13.0 Å². The lowest BCUT2D eigenvalue weighted by Gasteiger charge is -2.30. The number of hydrogen-bond donors (Lipinski definition) is 0. The predicted molar refractivity (Wildman–Crippen MR) is 158 cm³/mol. The molecule has 0 saturated heterocycles. The van der Waals surface area contributed by atoms with Gasteiger partial charge in [0.05, 0.1) is 37.3 Å². The van der Waals surface area contributed by atoms with Gasteiger partial charge in [0.25, 0.3) is 0 Å². The number of rotatable bonds is 29. The van der Waals surface area contributed by atoms with Crippen molar-refractivity contribution in [3.05, 3.63) is 0 Å². The highest BCUT2D eigenvalue weighted by molar-refractivity contribution is 7.85. The van der Waals surface area contributed by atoms with Crippen LogP contribution in [0.4, 0.5) is 0 Å². The van der Waals surface area contributed by atoms with Gasteiger partial charge >= 0.3 is 0 Å². The zero-order valence-electron chi connectivity index (χ0n) is 24.9. The normalized spacial score (nSPS) is 12.4. The Bertz CT molecular complexity index is 548. The molecule has 0 fully saturated rings. The molecular formula is C31H65NO3S. The molecule has 5 heteroatoms. The summed E-state index contributed by atoms with van der Waals surface area (Å²) < 4.78 is 33.0. The largest absolute Gasteiger partial charge is 0.748 e. The van der Waals surface area contributed by atoms with Gasteiger partial charge in [-0.3, -0.25) is 0 Å². The summed E-state index contributed by atoms with van der Waals surface area (Å²) in [5, 5.41) is 0. The van der Waals surface area contributed by atoms with Crippen LogP contribution < -0.4 is 0 Å². The van der Waals surface area contributed by atoms with E-state index in [0.29, 0.717) is 6.42 Å². The second-order valence-corrected chi connectivity index (χ2v) is 13.7. The molecule has 36 heavy (non-hydrogen) atoms. The van der Waals surface area contributed by atoms with Crippen molar-refractivity contribution in [3.63, 3.8) is 0 Å². The molecule has 0 bridgehead atoms. The van der Waals surface area contributed by atoms with Crippen molar-refractivity contribution >= 4 is 10.1 Å². The monoisotopic (exact) mass is 531 g/mol. The molecule has 0 aromatic heterocycles. The van der Waals surface area contributed by atoms with Gasteiger partial charge in [-0.05, 0) is 12.8 Å². The summed E-state index contributed by atoms with van der Waals surface area (Å²) in [5.74, 6) is -0.228. The summed E-state index contributed by atoms with van der Waals surface area (Å²) >= 11 is 0. The highest BCUT2D eigenvalue weighted by Crippen LogP contribution is 2.16. The number of nitrogens with zero attached hydrogens (tertiary/aromatic N) is 1. The van der Waals surface area contributed by atoms with E-state index in [1.165, 1.54) is 154 Å². The van der Waals surface area contributed by atoms with Gasteiger partial charge in [-0.25, -0.2) is 8.42 Å². The topological polar surface area (TPSA) is 57.2 Å². The Hall–Kier alpha value is -0.130. The number of unbranched alkanes of at least 4 members (excludes halogenated alkanes) is 23. The molecule has 0 radical (unpaired) electrons. The fourth-order valence-corrected chi connectivity index (χ4v) is 5.77. The SMILES string of the molecule is CCCCCCCCCCCCCCCCCCCCCCCCCC[N+](C)(C)CCCS(=O)(=O)[O-]. The van der Waals surface area contributed by atoms with E-state index >= 15 is 0 Å². The third kappa shape index (κ3) is 30.1. The average Bonchev–Trinajstić information content (AvgIpc) is 2.80. The molecular weight excluding hydrogens is 466 g/mol. The fourth-order valence-electron chi connectivity index (χ4n) is 5.28.